The van der Waals surface area contributed by atoms with Gasteiger partial charge in [-0.1, -0.05) is 12.1 Å². The van der Waals surface area contributed by atoms with E-state index in [-0.39, 0.29) is 11.7 Å². The van der Waals surface area contributed by atoms with E-state index in [0.29, 0.717) is 6.42 Å². The Kier molecular flexibility index (Phi) is 3.68. The van der Waals surface area contributed by atoms with Crippen LogP contribution in [-0.4, -0.2) is 36.1 Å². The zero-order valence-corrected chi connectivity index (χ0v) is 8.97. The number of hydrogen-bond acceptors (Lipinski definition) is 3. The zero-order valence-electron chi connectivity index (χ0n) is 8.97. The van der Waals surface area contributed by atoms with Crippen LogP contribution < -0.4 is 5.73 Å². The Morgan fingerprint density at radius 1 is 1.40 bits per heavy atom. The Labute approximate surface area is 89.3 Å². The molecule has 0 spiro atoms. The van der Waals surface area contributed by atoms with E-state index in [1.54, 1.807) is 38.4 Å². The van der Waals surface area contributed by atoms with Crippen molar-refractivity contribution in [2.75, 3.05) is 14.1 Å². The molecule has 82 valence electrons. The van der Waals surface area contributed by atoms with E-state index < -0.39 is 6.04 Å². The molecule has 1 rings (SSSR count). The molecule has 15 heavy (non-hydrogen) atoms. The van der Waals surface area contributed by atoms with Gasteiger partial charge in [0.25, 0.3) is 0 Å². The number of phenols is 1. The molecular formula is C11H16N2O2. The van der Waals surface area contributed by atoms with Gasteiger partial charge in [-0.2, -0.15) is 0 Å². The van der Waals surface area contributed by atoms with Crippen LogP contribution >= 0.6 is 0 Å². The lowest BCUT2D eigenvalue weighted by Gasteiger charge is -2.16. The van der Waals surface area contributed by atoms with Crippen molar-refractivity contribution in [2.24, 2.45) is 5.73 Å². The van der Waals surface area contributed by atoms with Crippen molar-refractivity contribution in [1.82, 2.24) is 4.90 Å². The molecule has 0 heterocycles. The number of amides is 1. The van der Waals surface area contributed by atoms with Crippen molar-refractivity contribution in [2.45, 2.75) is 12.5 Å². The Bertz CT molecular complexity index is 333. The van der Waals surface area contributed by atoms with Crippen LogP contribution in [0.3, 0.4) is 0 Å². The highest BCUT2D eigenvalue weighted by Gasteiger charge is 2.15. The van der Waals surface area contributed by atoms with Crippen LogP contribution in [0.2, 0.25) is 0 Å². The van der Waals surface area contributed by atoms with Gasteiger partial charge in [0.15, 0.2) is 0 Å². The predicted molar refractivity (Wildman–Crippen MR) is 58.5 cm³/mol. The van der Waals surface area contributed by atoms with E-state index in [1.807, 2.05) is 0 Å². The topological polar surface area (TPSA) is 66.6 Å². The van der Waals surface area contributed by atoms with Crippen LogP contribution in [0, 0.1) is 0 Å². The van der Waals surface area contributed by atoms with E-state index in [4.69, 9.17) is 10.8 Å². The van der Waals surface area contributed by atoms with E-state index in [1.165, 1.54) is 4.90 Å². The van der Waals surface area contributed by atoms with Gasteiger partial charge >= 0.3 is 0 Å². The van der Waals surface area contributed by atoms with Crippen LogP contribution in [0.25, 0.3) is 0 Å². The lowest BCUT2D eigenvalue weighted by molar-refractivity contribution is -0.130. The molecule has 1 aromatic carbocycles. The number of hydrogen-bond donors (Lipinski definition) is 2. The highest BCUT2D eigenvalue weighted by Crippen LogP contribution is 2.11. The summed E-state index contributed by atoms with van der Waals surface area (Å²) in [6.45, 7) is 0. The van der Waals surface area contributed by atoms with E-state index >= 15 is 0 Å². The first kappa shape index (κ1) is 11.5. The second kappa shape index (κ2) is 4.79. The summed E-state index contributed by atoms with van der Waals surface area (Å²) in [6, 6.07) is 6.17. The molecular weight excluding hydrogens is 192 g/mol. The largest absolute Gasteiger partial charge is 0.508 e. The van der Waals surface area contributed by atoms with E-state index in [9.17, 15) is 4.79 Å². The Balaban J connectivity index is 2.62. The minimum Gasteiger partial charge on any atom is -0.508 e. The third-order valence-electron chi connectivity index (χ3n) is 2.15. The van der Waals surface area contributed by atoms with Crippen LogP contribution in [0.1, 0.15) is 5.56 Å². The lowest BCUT2D eigenvalue weighted by atomic mass is 10.1. The van der Waals surface area contributed by atoms with Crippen molar-refractivity contribution in [3.05, 3.63) is 29.8 Å². The summed E-state index contributed by atoms with van der Waals surface area (Å²) in [7, 11) is 3.36. The smallest absolute Gasteiger partial charge is 0.239 e. The third-order valence-corrected chi connectivity index (χ3v) is 2.15. The second-order valence-corrected chi connectivity index (χ2v) is 3.71. The fraction of sp³-hybridized carbons (Fsp3) is 0.364. The number of carbonyl (C=O) groups excluding carboxylic acids is 1. The van der Waals surface area contributed by atoms with Crippen molar-refractivity contribution >= 4 is 5.91 Å². The molecule has 0 saturated heterocycles. The fourth-order valence-corrected chi connectivity index (χ4v) is 1.30. The summed E-state index contributed by atoms with van der Waals surface area (Å²) in [4.78, 5) is 12.9. The van der Waals surface area contributed by atoms with Crippen molar-refractivity contribution in [3.63, 3.8) is 0 Å². The number of phenolic OH excluding ortho intramolecular Hbond substituents is 1. The molecule has 3 N–H and O–H groups in total. The molecule has 1 aromatic rings. The first-order chi connectivity index (χ1) is 7.00. The number of nitrogens with two attached hydrogens (primary N) is 1. The van der Waals surface area contributed by atoms with Crippen LogP contribution in [0.4, 0.5) is 0 Å². The molecule has 0 saturated carbocycles. The Hall–Kier alpha value is -1.55. The number of rotatable bonds is 3. The van der Waals surface area contributed by atoms with Gasteiger partial charge in [0.1, 0.15) is 5.75 Å². The Morgan fingerprint density at radius 2 is 1.93 bits per heavy atom. The third kappa shape index (κ3) is 3.25. The molecule has 0 radical (unpaired) electrons. The fourth-order valence-electron chi connectivity index (χ4n) is 1.30. The van der Waals surface area contributed by atoms with Crippen LogP contribution in [0.15, 0.2) is 24.3 Å². The molecule has 0 unspecified atom stereocenters. The van der Waals surface area contributed by atoms with E-state index in [0.717, 1.165) is 5.56 Å². The quantitative estimate of drug-likeness (QED) is 0.753. The Morgan fingerprint density at radius 3 is 2.40 bits per heavy atom. The van der Waals surface area contributed by atoms with Crippen LogP contribution in [0.5, 0.6) is 5.75 Å². The van der Waals surface area contributed by atoms with E-state index in [2.05, 4.69) is 0 Å². The summed E-state index contributed by atoms with van der Waals surface area (Å²) in [6.07, 6.45) is 0.483. The van der Waals surface area contributed by atoms with Gasteiger partial charge < -0.3 is 15.7 Å². The molecule has 4 nitrogen and oxygen atoms in total. The average molecular weight is 208 g/mol. The van der Waals surface area contributed by atoms with Gasteiger partial charge in [-0.25, -0.2) is 0 Å². The number of nitrogens with zero attached hydrogens (tertiary/aromatic N) is 1. The molecule has 0 aliphatic carbocycles. The van der Waals surface area contributed by atoms with Gasteiger partial charge in [-0.05, 0) is 24.1 Å². The normalized spacial score (nSPS) is 12.2. The minimum atomic E-state index is -0.524. The highest BCUT2D eigenvalue weighted by atomic mass is 16.3. The van der Waals surface area contributed by atoms with Gasteiger partial charge in [0.05, 0.1) is 6.04 Å². The van der Waals surface area contributed by atoms with Crippen molar-refractivity contribution < 1.29 is 9.90 Å². The number of benzene rings is 1. The molecule has 0 bridgehead atoms. The number of aromatic hydroxyl groups is 1. The second-order valence-electron chi connectivity index (χ2n) is 3.71. The monoisotopic (exact) mass is 208 g/mol. The average Bonchev–Trinajstić information content (AvgIpc) is 2.20. The summed E-state index contributed by atoms with van der Waals surface area (Å²) < 4.78 is 0. The molecule has 0 fully saturated rings. The first-order valence-electron chi connectivity index (χ1n) is 4.75. The zero-order chi connectivity index (χ0) is 11.4. The molecule has 1 atom stereocenters. The van der Waals surface area contributed by atoms with Gasteiger partial charge in [0.2, 0.25) is 5.91 Å². The van der Waals surface area contributed by atoms with Crippen molar-refractivity contribution in [1.29, 1.82) is 0 Å². The molecule has 4 heteroatoms. The van der Waals surface area contributed by atoms with Crippen molar-refractivity contribution in [3.8, 4) is 5.75 Å². The van der Waals surface area contributed by atoms with Gasteiger partial charge in [-0.15, -0.1) is 0 Å². The van der Waals surface area contributed by atoms with Gasteiger partial charge in [-0.3, -0.25) is 4.79 Å². The molecule has 0 aromatic heterocycles. The number of likely N-dealkylation sites (N-methyl/N-ethyl adjacent to an activating group) is 1. The molecule has 0 aliphatic rings. The summed E-state index contributed by atoms with van der Waals surface area (Å²) in [5, 5.41) is 9.08. The SMILES string of the molecule is CN(C)C(=O)[C@@H](N)Cc1ccc(O)cc1. The maximum atomic E-state index is 11.5. The molecule has 1 amide bonds. The highest BCUT2D eigenvalue weighted by molar-refractivity contribution is 5.81. The summed E-state index contributed by atoms with van der Waals surface area (Å²) in [5.74, 6) is 0.120. The standard InChI is InChI=1S/C11H16N2O2/c1-13(2)11(15)10(12)7-8-3-5-9(14)6-4-8/h3-6,10,14H,7,12H2,1-2H3/t10-/m0/s1. The maximum absolute atomic E-state index is 11.5. The predicted octanol–water partition coefficient (Wildman–Crippen LogP) is 0.350. The number of carbonyl (C=O) groups is 1. The molecule has 0 aliphatic heterocycles. The van der Waals surface area contributed by atoms with Gasteiger partial charge in [0, 0.05) is 14.1 Å². The summed E-state index contributed by atoms with van der Waals surface area (Å²) in [5.41, 5.74) is 6.67. The lowest BCUT2D eigenvalue weighted by Crippen LogP contribution is -2.41. The minimum absolute atomic E-state index is 0.0944. The first-order valence-corrected chi connectivity index (χ1v) is 4.75. The summed E-state index contributed by atoms with van der Waals surface area (Å²) >= 11 is 0. The maximum Gasteiger partial charge on any atom is 0.239 e. The van der Waals surface area contributed by atoms with Crippen LogP contribution in [-0.2, 0) is 11.2 Å².